The molecule has 1 aromatic rings. The van der Waals surface area contributed by atoms with Crippen molar-refractivity contribution in [3.8, 4) is 0 Å². The fraction of sp³-hybridized carbons (Fsp3) is 0.286. The van der Waals surface area contributed by atoms with Crippen molar-refractivity contribution >= 4 is 29.0 Å². The molecule has 0 saturated carbocycles. The maximum Gasteiger partial charge on any atom is 0.335 e. The normalized spacial score (nSPS) is 11.4. The van der Waals surface area contributed by atoms with Crippen LogP contribution in [-0.2, 0) is 4.79 Å². The van der Waals surface area contributed by atoms with Crippen LogP contribution in [0.1, 0.15) is 0 Å². The van der Waals surface area contributed by atoms with Crippen molar-refractivity contribution in [2.45, 2.75) is 10.1 Å². The van der Waals surface area contributed by atoms with Gasteiger partial charge in [0, 0.05) is 0 Å². The van der Waals surface area contributed by atoms with E-state index in [0.29, 0.717) is 0 Å². The molecule has 0 aromatic carbocycles. The summed E-state index contributed by atoms with van der Waals surface area (Å²) in [6.07, 6.45) is 0. The average Bonchev–Trinajstić information content (AvgIpc) is 2.66. The van der Waals surface area contributed by atoms with E-state index in [4.69, 9.17) is 0 Å². The standard InChI is InChI=1S/C7H8F2N2OS2/c8-7(9,6(12)11-10)4-14-5-2-1-3-13-5/h1-3H,4,10H2,(H,11,12). The topological polar surface area (TPSA) is 55.1 Å². The first-order valence-electron chi connectivity index (χ1n) is 3.61. The van der Waals surface area contributed by atoms with Crippen LogP contribution in [0.15, 0.2) is 21.7 Å². The number of amides is 1. The third-order valence-corrected chi connectivity index (χ3v) is 3.59. The first kappa shape index (κ1) is 11.4. The van der Waals surface area contributed by atoms with E-state index in [0.717, 1.165) is 16.0 Å². The van der Waals surface area contributed by atoms with Gasteiger partial charge in [-0.1, -0.05) is 6.07 Å². The molecule has 1 amide bonds. The fourth-order valence-corrected chi connectivity index (χ4v) is 2.37. The number of nitrogens with two attached hydrogens (primary N) is 1. The smallest absolute Gasteiger partial charge is 0.289 e. The highest BCUT2D eigenvalue weighted by Crippen LogP contribution is 2.29. The van der Waals surface area contributed by atoms with Gasteiger partial charge in [0.05, 0.1) is 9.96 Å². The van der Waals surface area contributed by atoms with E-state index in [1.165, 1.54) is 16.8 Å². The summed E-state index contributed by atoms with van der Waals surface area (Å²) in [6.45, 7) is 0. The molecule has 1 rings (SSSR count). The van der Waals surface area contributed by atoms with Crippen molar-refractivity contribution in [1.82, 2.24) is 5.43 Å². The third-order valence-electron chi connectivity index (χ3n) is 1.35. The lowest BCUT2D eigenvalue weighted by molar-refractivity contribution is -0.142. The number of carbonyl (C=O) groups excluding carboxylic acids is 1. The Kier molecular flexibility index (Phi) is 3.85. The second-order valence-electron chi connectivity index (χ2n) is 2.40. The lowest BCUT2D eigenvalue weighted by atomic mass is 10.4. The molecule has 1 heterocycles. The van der Waals surface area contributed by atoms with Crippen LogP contribution in [0.4, 0.5) is 8.78 Å². The number of halogens is 2. The molecule has 0 unspecified atom stereocenters. The van der Waals surface area contributed by atoms with Gasteiger partial charge < -0.3 is 0 Å². The quantitative estimate of drug-likeness (QED) is 0.361. The number of alkyl halides is 2. The second kappa shape index (κ2) is 4.72. The zero-order valence-electron chi connectivity index (χ0n) is 7.00. The number of hydrazine groups is 1. The maximum absolute atomic E-state index is 12.9. The van der Waals surface area contributed by atoms with E-state index in [2.05, 4.69) is 5.84 Å². The van der Waals surface area contributed by atoms with Gasteiger partial charge in [-0.05, 0) is 11.4 Å². The molecule has 0 aliphatic rings. The Morgan fingerprint density at radius 3 is 2.93 bits per heavy atom. The molecule has 3 nitrogen and oxygen atoms in total. The first-order valence-corrected chi connectivity index (χ1v) is 5.48. The van der Waals surface area contributed by atoms with Gasteiger partial charge in [-0.25, -0.2) is 5.84 Å². The molecule has 0 radical (unpaired) electrons. The van der Waals surface area contributed by atoms with Gasteiger partial charge in [0.1, 0.15) is 0 Å². The Bertz CT molecular complexity index is 303. The van der Waals surface area contributed by atoms with Gasteiger partial charge in [-0.2, -0.15) is 8.78 Å². The summed E-state index contributed by atoms with van der Waals surface area (Å²) in [5.74, 6) is -0.864. The van der Waals surface area contributed by atoms with E-state index in [1.54, 1.807) is 17.5 Å². The molecule has 0 aliphatic heterocycles. The zero-order valence-corrected chi connectivity index (χ0v) is 8.63. The molecule has 78 valence electrons. The van der Waals surface area contributed by atoms with Gasteiger partial charge in [0.25, 0.3) is 0 Å². The molecule has 1 aromatic heterocycles. The monoisotopic (exact) mass is 238 g/mol. The minimum absolute atomic E-state index is 0.601. The number of hydrogen-bond donors (Lipinski definition) is 2. The Morgan fingerprint density at radius 1 is 1.71 bits per heavy atom. The summed E-state index contributed by atoms with van der Waals surface area (Å²) in [5.41, 5.74) is 1.44. The van der Waals surface area contributed by atoms with Gasteiger partial charge in [-0.15, -0.1) is 23.1 Å². The van der Waals surface area contributed by atoms with Crippen LogP contribution in [-0.4, -0.2) is 17.6 Å². The zero-order chi connectivity index (χ0) is 10.6. The number of thiophene rings is 1. The van der Waals surface area contributed by atoms with E-state index in [1.807, 2.05) is 0 Å². The number of thioether (sulfide) groups is 1. The van der Waals surface area contributed by atoms with E-state index >= 15 is 0 Å². The highest BCUT2D eigenvalue weighted by atomic mass is 32.2. The predicted octanol–water partition coefficient (Wildman–Crippen LogP) is 1.47. The van der Waals surface area contributed by atoms with Crippen LogP contribution in [0.5, 0.6) is 0 Å². The Labute approximate surface area is 87.6 Å². The highest BCUT2D eigenvalue weighted by Gasteiger charge is 2.38. The number of rotatable bonds is 4. The molecule has 14 heavy (non-hydrogen) atoms. The molecule has 0 atom stereocenters. The van der Waals surface area contributed by atoms with Gasteiger partial charge in [0.15, 0.2) is 0 Å². The van der Waals surface area contributed by atoms with E-state index < -0.39 is 17.6 Å². The van der Waals surface area contributed by atoms with Crippen molar-refractivity contribution in [2.24, 2.45) is 5.84 Å². The van der Waals surface area contributed by atoms with Crippen LogP contribution in [0.25, 0.3) is 0 Å². The molecule has 0 aliphatic carbocycles. The lowest BCUT2D eigenvalue weighted by Crippen LogP contribution is -2.45. The molecule has 7 heteroatoms. The van der Waals surface area contributed by atoms with Crippen LogP contribution < -0.4 is 11.3 Å². The summed E-state index contributed by atoms with van der Waals surface area (Å²) in [4.78, 5) is 10.6. The van der Waals surface area contributed by atoms with Crippen LogP contribution >= 0.6 is 23.1 Å². The molecule has 0 saturated heterocycles. The molecular formula is C7H8F2N2OS2. The number of carbonyl (C=O) groups is 1. The van der Waals surface area contributed by atoms with Crippen LogP contribution in [0, 0.1) is 0 Å². The molecule has 0 fully saturated rings. The Balaban J connectivity index is 2.48. The number of nitrogens with one attached hydrogen (secondary N) is 1. The summed E-state index contributed by atoms with van der Waals surface area (Å²) in [7, 11) is 0. The van der Waals surface area contributed by atoms with Crippen molar-refractivity contribution in [3.63, 3.8) is 0 Å². The molecule has 0 spiro atoms. The lowest BCUT2D eigenvalue weighted by Gasteiger charge is -2.12. The van der Waals surface area contributed by atoms with Crippen molar-refractivity contribution in [1.29, 1.82) is 0 Å². The Morgan fingerprint density at radius 2 is 2.43 bits per heavy atom. The van der Waals surface area contributed by atoms with E-state index in [9.17, 15) is 13.6 Å². The van der Waals surface area contributed by atoms with E-state index in [-0.39, 0.29) is 0 Å². The summed E-state index contributed by atoms with van der Waals surface area (Å²) in [6, 6.07) is 3.47. The first-order chi connectivity index (χ1) is 6.56. The third kappa shape index (κ3) is 2.93. The van der Waals surface area contributed by atoms with Crippen molar-refractivity contribution < 1.29 is 13.6 Å². The van der Waals surface area contributed by atoms with Gasteiger partial charge >= 0.3 is 11.8 Å². The van der Waals surface area contributed by atoms with Crippen molar-refractivity contribution in [2.75, 3.05) is 5.75 Å². The SMILES string of the molecule is NNC(=O)C(F)(F)CSc1cccs1. The maximum atomic E-state index is 12.9. The summed E-state index contributed by atoms with van der Waals surface area (Å²) < 4.78 is 26.5. The fourth-order valence-electron chi connectivity index (χ4n) is 0.679. The highest BCUT2D eigenvalue weighted by molar-refractivity contribution is 8.01. The van der Waals surface area contributed by atoms with Gasteiger partial charge in [0.2, 0.25) is 0 Å². The molecular weight excluding hydrogens is 230 g/mol. The number of hydrogen-bond acceptors (Lipinski definition) is 4. The molecule has 3 N–H and O–H groups in total. The van der Waals surface area contributed by atoms with Gasteiger partial charge in [-0.3, -0.25) is 10.2 Å². The van der Waals surface area contributed by atoms with Crippen LogP contribution in [0.2, 0.25) is 0 Å². The Hall–Kier alpha value is -0.660. The second-order valence-corrected chi connectivity index (χ2v) is 4.62. The van der Waals surface area contributed by atoms with Crippen LogP contribution in [0.3, 0.4) is 0 Å². The largest absolute Gasteiger partial charge is 0.335 e. The summed E-state index contributed by atoms with van der Waals surface area (Å²) >= 11 is 2.28. The predicted molar refractivity (Wildman–Crippen MR) is 52.3 cm³/mol. The average molecular weight is 238 g/mol. The summed E-state index contributed by atoms with van der Waals surface area (Å²) in [5, 5.41) is 1.78. The minimum atomic E-state index is -3.43. The minimum Gasteiger partial charge on any atom is -0.289 e. The van der Waals surface area contributed by atoms with Crippen molar-refractivity contribution in [3.05, 3.63) is 17.5 Å². The molecule has 0 bridgehead atoms.